The molecule has 0 atom stereocenters. The molecular formula is C17H16BrN3O4. The number of nitro groups is 1. The van der Waals surface area contributed by atoms with Gasteiger partial charge in [-0.2, -0.15) is 5.10 Å². The molecule has 0 fully saturated rings. The van der Waals surface area contributed by atoms with E-state index in [-0.39, 0.29) is 12.3 Å². The number of hydrazone groups is 1. The second-order valence-electron chi connectivity index (χ2n) is 5.05. The van der Waals surface area contributed by atoms with Gasteiger partial charge in [0.1, 0.15) is 5.75 Å². The fourth-order valence-corrected chi connectivity index (χ4v) is 2.50. The van der Waals surface area contributed by atoms with Gasteiger partial charge in [0.2, 0.25) is 0 Å². The molecule has 0 aromatic heterocycles. The largest absolute Gasteiger partial charge is 0.483 e. The van der Waals surface area contributed by atoms with Gasteiger partial charge in [-0.15, -0.1) is 0 Å². The van der Waals surface area contributed by atoms with Crippen molar-refractivity contribution in [1.82, 2.24) is 5.43 Å². The number of carbonyl (C=O) groups excluding carboxylic acids is 1. The van der Waals surface area contributed by atoms with E-state index in [1.54, 1.807) is 18.2 Å². The van der Waals surface area contributed by atoms with Gasteiger partial charge >= 0.3 is 0 Å². The molecule has 0 radical (unpaired) electrons. The van der Waals surface area contributed by atoms with E-state index in [9.17, 15) is 14.9 Å². The SMILES string of the molecule is CCc1ccc(OCC(=O)N/N=C/c2cccc([N+](=O)[O-])c2)c(Br)c1. The number of hydrogen-bond donors (Lipinski definition) is 1. The fourth-order valence-electron chi connectivity index (χ4n) is 1.95. The van der Waals surface area contributed by atoms with E-state index in [1.165, 1.54) is 18.3 Å². The highest BCUT2D eigenvalue weighted by molar-refractivity contribution is 9.10. The molecule has 0 unspecified atom stereocenters. The smallest absolute Gasteiger partial charge is 0.277 e. The summed E-state index contributed by atoms with van der Waals surface area (Å²) >= 11 is 3.40. The third-order valence-electron chi connectivity index (χ3n) is 3.25. The minimum absolute atomic E-state index is 0.0426. The number of amides is 1. The highest BCUT2D eigenvalue weighted by atomic mass is 79.9. The van der Waals surface area contributed by atoms with Crippen LogP contribution in [0.5, 0.6) is 5.75 Å². The summed E-state index contributed by atoms with van der Waals surface area (Å²) in [5.41, 5.74) is 3.94. The Morgan fingerprint density at radius 3 is 2.84 bits per heavy atom. The summed E-state index contributed by atoms with van der Waals surface area (Å²) < 4.78 is 6.21. The van der Waals surface area contributed by atoms with E-state index < -0.39 is 10.8 Å². The Hall–Kier alpha value is -2.74. The van der Waals surface area contributed by atoms with Gasteiger partial charge in [-0.3, -0.25) is 14.9 Å². The van der Waals surface area contributed by atoms with Crippen LogP contribution in [0.25, 0.3) is 0 Å². The number of hydrogen-bond acceptors (Lipinski definition) is 5. The summed E-state index contributed by atoms with van der Waals surface area (Å²) in [6.07, 6.45) is 2.24. The standard InChI is InChI=1S/C17H16BrN3O4/c1-2-12-6-7-16(15(18)9-12)25-11-17(22)20-19-10-13-4-3-5-14(8-13)21(23)24/h3-10H,2,11H2,1H3,(H,20,22)/b19-10+. The first-order chi connectivity index (χ1) is 12.0. The summed E-state index contributed by atoms with van der Waals surface area (Å²) in [5.74, 6) is 0.128. The van der Waals surface area contributed by atoms with E-state index in [2.05, 4.69) is 33.4 Å². The van der Waals surface area contributed by atoms with Gasteiger partial charge in [-0.1, -0.05) is 25.1 Å². The average Bonchev–Trinajstić information content (AvgIpc) is 2.60. The zero-order chi connectivity index (χ0) is 18.2. The Balaban J connectivity index is 1.86. The maximum absolute atomic E-state index is 11.7. The molecular weight excluding hydrogens is 390 g/mol. The maximum Gasteiger partial charge on any atom is 0.277 e. The molecule has 0 bridgehead atoms. The van der Waals surface area contributed by atoms with Gasteiger partial charge in [0.05, 0.1) is 15.6 Å². The van der Waals surface area contributed by atoms with Crippen LogP contribution < -0.4 is 10.2 Å². The second kappa shape index (κ2) is 8.93. The van der Waals surface area contributed by atoms with Crippen molar-refractivity contribution in [2.24, 2.45) is 5.10 Å². The van der Waals surface area contributed by atoms with E-state index >= 15 is 0 Å². The highest BCUT2D eigenvalue weighted by Crippen LogP contribution is 2.26. The van der Waals surface area contributed by atoms with Crippen molar-refractivity contribution >= 4 is 33.7 Å². The van der Waals surface area contributed by atoms with Gasteiger partial charge in [0, 0.05) is 17.7 Å². The summed E-state index contributed by atoms with van der Waals surface area (Å²) in [6, 6.07) is 11.6. The number of nitro benzene ring substituents is 1. The Bertz CT molecular complexity index is 808. The molecule has 25 heavy (non-hydrogen) atoms. The molecule has 130 valence electrons. The van der Waals surface area contributed by atoms with Crippen molar-refractivity contribution in [3.8, 4) is 5.75 Å². The minimum atomic E-state index is -0.495. The van der Waals surface area contributed by atoms with Crippen LogP contribution in [0.1, 0.15) is 18.1 Å². The summed E-state index contributed by atoms with van der Waals surface area (Å²) in [7, 11) is 0. The van der Waals surface area contributed by atoms with Crippen molar-refractivity contribution in [3.63, 3.8) is 0 Å². The number of halogens is 1. The Morgan fingerprint density at radius 1 is 1.36 bits per heavy atom. The molecule has 0 aliphatic heterocycles. The fraction of sp³-hybridized carbons (Fsp3) is 0.176. The predicted octanol–water partition coefficient (Wildman–Crippen LogP) is 3.45. The van der Waals surface area contributed by atoms with Gasteiger partial charge in [0.15, 0.2) is 6.61 Å². The number of aryl methyl sites for hydroxylation is 1. The van der Waals surface area contributed by atoms with Crippen molar-refractivity contribution < 1.29 is 14.5 Å². The molecule has 0 saturated heterocycles. The Morgan fingerprint density at radius 2 is 2.16 bits per heavy atom. The highest BCUT2D eigenvalue weighted by Gasteiger charge is 2.06. The third kappa shape index (κ3) is 5.68. The molecule has 0 heterocycles. The van der Waals surface area contributed by atoms with E-state index in [0.29, 0.717) is 11.3 Å². The van der Waals surface area contributed by atoms with E-state index in [1.807, 2.05) is 12.1 Å². The van der Waals surface area contributed by atoms with Gasteiger partial charge in [-0.25, -0.2) is 5.43 Å². The van der Waals surface area contributed by atoms with Crippen LogP contribution in [0.4, 0.5) is 5.69 Å². The van der Waals surface area contributed by atoms with Crippen molar-refractivity contribution in [2.45, 2.75) is 13.3 Å². The summed E-state index contributed by atoms with van der Waals surface area (Å²) in [5, 5.41) is 14.5. The molecule has 0 spiro atoms. The second-order valence-corrected chi connectivity index (χ2v) is 5.91. The normalized spacial score (nSPS) is 10.6. The molecule has 7 nitrogen and oxygen atoms in total. The first-order valence-electron chi connectivity index (χ1n) is 7.47. The summed E-state index contributed by atoms with van der Waals surface area (Å²) in [4.78, 5) is 21.9. The van der Waals surface area contributed by atoms with Crippen LogP contribution in [0.2, 0.25) is 0 Å². The monoisotopic (exact) mass is 405 g/mol. The molecule has 0 aliphatic rings. The van der Waals surface area contributed by atoms with Crippen LogP contribution in [-0.2, 0) is 11.2 Å². The van der Waals surface area contributed by atoms with Crippen molar-refractivity contribution in [2.75, 3.05) is 6.61 Å². The number of benzene rings is 2. The molecule has 1 N–H and O–H groups in total. The first-order valence-corrected chi connectivity index (χ1v) is 8.26. The van der Waals surface area contributed by atoms with E-state index in [4.69, 9.17) is 4.74 Å². The lowest BCUT2D eigenvalue weighted by molar-refractivity contribution is -0.384. The zero-order valence-electron chi connectivity index (χ0n) is 13.4. The average molecular weight is 406 g/mol. The van der Waals surface area contributed by atoms with Crippen LogP contribution in [0.3, 0.4) is 0 Å². The number of nitrogens with one attached hydrogen (secondary N) is 1. The Kier molecular flexibility index (Phi) is 6.64. The zero-order valence-corrected chi connectivity index (χ0v) is 15.0. The molecule has 8 heteroatoms. The topological polar surface area (TPSA) is 93.8 Å². The van der Waals surface area contributed by atoms with Crippen molar-refractivity contribution in [3.05, 3.63) is 68.2 Å². The third-order valence-corrected chi connectivity index (χ3v) is 3.87. The number of rotatable bonds is 7. The van der Waals surface area contributed by atoms with E-state index in [0.717, 1.165) is 16.5 Å². The van der Waals surface area contributed by atoms with Gasteiger partial charge in [-0.05, 0) is 40.0 Å². The predicted molar refractivity (Wildman–Crippen MR) is 97.8 cm³/mol. The van der Waals surface area contributed by atoms with Crippen LogP contribution in [-0.4, -0.2) is 23.7 Å². The quantitative estimate of drug-likeness (QED) is 0.433. The van der Waals surface area contributed by atoms with Crippen LogP contribution in [0.15, 0.2) is 52.0 Å². The van der Waals surface area contributed by atoms with Gasteiger partial charge < -0.3 is 4.74 Å². The number of carbonyl (C=O) groups is 1. The number of ether oxygens (including phenoxy) is 1. The first kappa shape index (κ1) is 18.6. The molecule has 1 amide bonds. The lowest BCUT2D eigenvalue weighted by Crippen LogP contribution is -2.24. The molecule has 2 aromatic carbocycles. The number of non-ortho nitro benzene ring substituents is 1. The van der Waals surface area contributed by atoms with Crippen LogP contribution >= 0.6 is 15.9 Å². The summed E-state index contributed by atoms with van der Waals surface area (Å²) in [6.45, 7) is 1.85. The lowest BCUT2D eigenvalue weighted by Gasteiger charge is -2.08. The molecule has 2 aromatic rings. The number of nitrogens with zero attached hydrogens (tertiary/aromatic N) is 2. The molecule has 2 rings (SSSR count). The van der Waals surface area contributed by atoms with Crippen molar-refractivity contribution in [1.29, 1.82) is 0 Å². The molecule has 0 saturated carbocycles. The Labute approximate surface area is 153 Å². The molecule has 0 aliphatic carbocycles. The van der Waals surface area contributed by atoms with Crippen LogP contribution in [0, 0.1) is 10.1 Å². The van der Waals surface area contributed by atoms with Gasteiger partial charge in [0.25, 0.3) is 11.6 Å². The minimum Gasteiger partial charge on any atom is -0.483 e. The lowest BCUT2D eigenvalue weighted by atomic mass is 10.2. The maximum atomic E-state index is 11.7.